The topological polar surface area (TPSA) is 80.9 Å². The molecule has 2 unspecified atom stereocenters. The summed E-state index contributed by atoms with van der Waals surface area (Å²) in [6.07, 6.45) is -2.44. The first-order valence-corrected chi connectivity index (χ1v) is 10.8. The van der Waals surface area contributed by atoms with Crippen LogP contribution in [-0.4, -0.2) is 33.6 Å². The highest BCUT2D eigenvalue weighted by Gasteiger charge is 2.44. The number of nitrogens with zero attached hydrogens (tertiary/aromatic N) is 1. The number of pyridine rings is 1. The molecule has 32 heavy (non-hydrogen) atoms. The van der Waals surface area contributed by atoms with Crippen LogP contribution in [0, 0.1) is 0 Å². The van der Waals surface area contributed by atoms with Crippen LogP contribution in [-0.2, 0) is 7.05 Å². The van der Waals surface area contributed by atoms with Gasteiger partial charge in [-0.25, -0.2) is 0 Å². The van der Waals surface area contributed by atoms with Crippen LogP contribution < -0.4 is 14.9 Å². The van der Waals surface area contributed by atoms with Crippen LogP contribution in [0.5, 0.6) is 11.5 Å². The third-order valence-electron chi connectivity index (χ3n) is 6.33. The molecule has 166 valence electrons. The number of aliphatic hydroxyl groups excluding tert-OH is 2. The Kier molecular flexibility index (Phi) is 4.66. The van der Waals surface area contributed by atoms with Crippen molar-refractivity contribution in [2.24, 2.45) is 7.05 Å². The lowest BCUT2D eigenvalue weighted by Crippen LogP contribution is -2.49. The van der Waals surface area contributed by atoms with Crippen LogP contribution in [0.3, 0.4) is 0 Å². The Bertz CT molecular complexity index is 1510. The van der Waals surface area contributed by atoms with Crippen molar-refractivity contribution in [3.63, 3.8) is 0 Å². The molecule has 2 atom stereocenters. The Morgan fingerprint density at radius 2 is 1.69 bits per heavy atom. The van der Waals surface area contributed by atoms with Crippen molar-refractivity contribution >= 4 is 55.8 Å². The molecule has 0 saturated heterocycles. The van der Waals surface area contributed by atoms with Gasteiger partial charge in [0.1, 0.15) is 29.3 Å². The molecule has 1 aliphatic rings. The summed E-state index contributed by atoms with van der Waals surface area (Å²) in [5.41, 5.74) is 0.150. The Morgan fingerprint density at radius 1 is 1.06 bits per heavy atom. The lowest BCUT2D eigenvalue weighted by atomic mass is 9.86. The van der Waals surface area contributed by atoms with Crippen molar-refractivity contribution in [2.75, 3.05) is 7.11 Å². The highest BCUT2D eigenvalue weighted by atomic mass is 35.5. The highest BCUT2D eigenvalue weighted by molar-refractivity contribution is 6.42. The predicted octanol–water partition coefficient (Wildman–Crippen LogP) is 4.73. The Labute approximate surface area is 193 Å². The number of hydrogen-bond acceptors (Lipinski definition) is 5. The number of aliphatic hydroxyl groups is 2. The minimum atomic E-state index is -1.25. The summed E-state index contributed by atoms with van der Waals surface area (Å²) in [6, 6.07) is 8.70. The third kappa shape index (κ3) is 2.83. The minimum absolute atomic E-state index is 0.257. The molecule has 0 fully saturated rings. The first-order chi connectivity index (χ1) is 15.0. The maximum Gasteiger partial charge on any atom is 0.201 e. The molecule has 2 N–H and O–H groups in total. The molecular formula is C24H21Cl2NO5. The Balaban J connectivity index is 1.99. The van der Waals surface area contributed by atoms with E-state index in [0.29, 0.717) is 48.9 Å². The highest BCUT2D eigenvalue weighted by Crippen LogP contribution is 2.46. The van der Waals surface area contributed by atoms with E-state index in [4.69, 9.17) is 32.7 Å². The molecule has 6 nitrogen and oxygen atoms in total. The van der Waals surface area contributed by atoms with Crippen LogP contribution in [0.2, 0.25) is 10.0 Å². The molecule has 3 aromatic carbocycles. The molecule has 0 amide bonds. The van der Waals surface area contributed by atoms with Gasteiger partial charge in [-0.1, -0.05) is 23.2 Å². The van der Waals surface area contributed by atoms with Crippen LogP contribution in [0.1, 0.15) is 25.5 Å². The smallest absolute Gasteiger partial charge is 0.201 e. The Morgan fingerprint density at radius 3 is 2.31 bits per heavy atom. The molecular weight excluding hydrogens is 453 g/mol. The van der Waals surface area contributed by atoms with Crippen molar-refractivity contribution < 1.29 is 19.7 Å². The maximum atomic E-state index is 13.7. The second-order valence-electron chi connectivity index (χ2n) is 8.68. The van der Waals surface area contributed by atoms with E-state index >= 15 is 0 Å². The van der Waals surface area contributed by atoms with Gasteiger partial charge < -0.3 is 24.3 Å². The number of hydrogen-bond donors (Lipinski definition) is 2. The summed E-state index contributed by atoms with van der Waals surface area (Å²) in [5.74, 6) is 0.692. The van der Waals surface area contributed by atoms with Gasteiger partial charge in [0.05, 0.1) is 39.1 Å². The van der Waals surface area contributed by atoms with Gasteiger partial charge in [-0.2, -0.15) is 0 Å². The van der Waals surface area contributed by atoms with E-state index in [9.17, 15) is 15.0 Å². The van der Waals surface area contributed by atoms with Crippen molar-refractivity contribution in [1.29, 1.82) is 0 Å². The summed E-state index contributed by atoms with van der Waals surface area (Å²) in [6.45, 7) is 3.39. The van der Waals surface area contributed by atoms with E-state index in [-0.39, 0.29) is 5.43 Å². The van der Waals surface area contributed by atoms with Crippen LogP contribution in [0.25, 0.3) is 32.6 Å². The molecule has 1 aliphatic heterocycles. The summed E-state index contributed by atoms with van der Waals surface area (Å²) < 4.78 is 13.4. The standard InChI is InChI=1S/C24H21Cl2NO5/c1-24(2)23(30)22(29)19-17(32-24)9-16(31-4)18-20(19)27(3)15-8-11-7-14(26)13(25)6-10(11)5-12(15)21(18)28/h5-9,22-23,29-30H,1-4H3. The fourth-order valence-electron chi connectivity index (χ4n) is 4.61. The van der Waals surface area contributed by atoms with Crippen molar-refractivity contribution in [2.45, 2.75) is 31.7 Å². The van der Waals surface area contributed by atoms with Gasteiger partial charge in [0, 0.05) is 18.5 Å². The molecule has 0 aliphatic carbocycles. The largest absolute Gasteiger partial charge is 0.496 e. The molecule has 0 saturated carbocycles. The summed E-state index contributed by atoms with van der Waals surface area (Å²) in [7, 11) is 3.28. The molecule has 0 spiro atoms. The zero-order valence-electron chi connectivity index (χ0n) is 17.9. The molecule has 1 aromatic heterocycles. The van der Waals surface area contributed by atoms with Gasteiger partial charge in [-0.05, 0) is 48.9 Å². The second-order valence-corrected chi connectivity index (χ2v) is 9.49. The molecule has 8 heteroatoms. The lowest BCUT2D eigenvalue weighted by Gasteiger charge is -2.40. The number of aromatic nitrogens is 1. The monoisotopic (exact) mass is 473 g/mol. The van der Waals surface area contributed by atoms with E-state index in [1.54, 1.807) is 45.2 Å². The zero-order valence-corrected chi connectivity index (χ0v) is 19.4. The van der Waals surface area contributed by atoms with E-state index in [2.05, 4.69) is 0 Å². The SMILES string of the molecule is COc1cc2c(c3c1c(=O)c1cc4cc(Cl)c(Cl)cc4cc1n3C)C(O)C(O)C(C)(C)O2. The number of aryl methyl sites for hydroxylation is 1. The summed E-state index contributed by atoms with van der Waals surface area (Å²) >= 11 is 12.4. The van der Waals surface area contributed by atoms with Gasteiger partial charge in [-0.15, -0.1) is 0 Å². The molecule has 5 rings (SSSR count). The maximum absolute atomic E-state index is 13.7. The summed E-state index contributed by atoms with van der Waals surface area (Å²) in [5, 5.41) is 24.9. The van der Waals surface area contributed by atoms with E-state index in [1.165, 1.54) is 7.11 Å². The quantitative estimate of drug-likeness (QED) is 0.390. The van der Waals surface area contributed by atoms with Crippen molar-refractivity contribution in [3.05, 3.63) is 56.2 Å². The first-order valence-electron chi connectivity index (χ1n) is 10.1. The van der Waals surface area contributed by atoms with Gasteiger partial charge in [-0.3, -0.25) is 4.79 Å². The first kappa shape index (κ1) is 21.3. The number of ether oxygens (including phenoxy) is 2. The zero-order chi connectivity index (χ0) is 23.1. The van der Waals surface area contributed by atoms with E-state index in [0.717, 1.165) is 10.8 Å². The second kappa shape index (κ2) is 6.99. The van der Waals surface area contributed by atoms with E-state index in [1.807, 2.05) is 10.6 Å². The van der Waals surface area contributed by atoms with Crippen LogP contribution >= 0.6 is 23.2 Å². The summed E-state index contributed by atoms with van der Waals surface area (Å²) in [4.78, 5) is 13.7. The fourth-order valence-corrected chi connectivity index (χ4v) is 4.96. The molecule has 0 radical (unpaired) electrons. The van der Waals surface area contributed by atoms with Crippen molar-refractivity contribution in [3.8, 4) is 11.5 Å². The van der Waals surface area contributed by atoms with Crippen LogP contribution in [0.15, 0.2) is 35.1 Å². The predicted molar refractivity (Wildman–Crippen MR) is 126 cm³/mol. The lowest BCUT2D eigenvalue weighted by molar-refractivity contribution is -0.111. The third-order valence-corrected chi connectivity index (χ3v) is 7.05. The fraction of sp³-hybridized carbons (Fsp3) is 0.292. The minimum Gasteiger partial charge on any atom is -0.496 e. The Hall–Kier alpha value is -2.51. The number of benzene rings is 3. The average molecular weight is 474 g/mol. The number of halogens is 2. The van der Waals surface area contributed by atoms with E-state index < -0.39 is 17.8 Å². The van der Waals surface area contributed by atoms with Gasteiger partial charge in [0.15, 0.2) is 0 Å². The van der Waals surface area contributed by atoms with Crippen LogP contribution in [0.4, 0.5) is 0 Å². The van der Waals surface area contributed by atoms with Crippen molar-refractivity contribution in [1.82, 2.24) is 4.57 Å². The average Bonchev–Trinajstić information content (AvgIpc) is 2.74. The van der Waals surface area contributed by atoms with Gasteiger partial charge in [0.25, 0.3) is 0 Å². The van der Waals surface area contributed by atoms with Gasteiger partial charge in [0.2, 0.25) is 5.43 Å². The molecule has 2 heterocycles. The number of methoxy groups -OCH3 is 1. The molecule has 0 bridgehead atoms. The molecule has 4 aromatic rings. The number of fused-ring (bicyclic) bond motifs is 5. The van der Waals surface area contributed by atoms with Gasteiger partial charge >= 0.3 is 0 Å². The normalized spacial score (nSPS) is 19.9. The number of rotatable bonds is 1.